The van der Waals surface area contributed by atoms with E-state index >= 15 is 0 Å². The molecular formula is C26H18N2O2. The molecule has 0 saturated carbocycles. The van der Waals surface area contributed by atoms with Crippen molar-refractivity contribution in [1.29, 1.82) is 0 Å². The zero-order chi connectivity index (χ0) is 20.2. The molecule has 0 aliphatic carbocycles. The minimum absolute atomic E-state index is 0.616. The number of rotatable bonds is 2. The Hall–Kier alpha value is -3.92. The normalized spacial score (nSPS) is 11.7. The van der Waals surface area contributed by atoms with Gasteiger partial charge in [-0.25, -0.2) is 9.97 Å². The van der Waals surface area contributed by atoms with E-state index in [1.54, 1.807) is 0 Å². The molecule has 4 heterocycles. The fraction of sp³-hybridized carbons (Fsp3) is 0.0769. The molecule has 0 saturated heterocycles. The van der Waals surface area contributed by atoms with Crippen molar-refractivity contribution in [3.63, 3.8) is 0 Å². The fourth-order valence-electron chi connectivity index (χ4n) is 3.90. The summed E-state index contributed by atoms with van der Waals surface area (Å²) in [5.74, 6) is 0.816. The second kappa shape index (κ2) is 6.29. The summed E-state index contributed by atoms with van der Waals surface area (Å²) in [5.41, 5.74) is 7.00. The molecule has 6 rings (SSSR count). The first kappa shape index (κ1) is 17.0. The molecule has 0 amide bonds. The van der Waals surface area contributed by atoms with Gasteiger partial charge < -0.3 is 8.83 Å². The first-order valence-electron chi connectivity index (χ1n) is 9.93. The van der Waals surface area contributed by atoms with Gasteiger partial charge in [-0.1, -0.05) is 42.0 Å². The summed E-state index contributed by atoms with van der Waals surface area (Å²) in [6.45, 7) is 4.04. The molecule has 4 heteroatoms. The molecule has 0 aliphatic heterocycles. The van der Waals surface area contributed by atoms with Crippen LogP contribution in [0.3, 0.4) is 0 Å². The number of hydrogen-bond acceptors (Lipinski definition) is 4. The monoisotopic (exact) mass is 390 g/mol. The Morgan fingerprint density at radius 2 is 1.57 bits per heavy atom. The Balaban J connectivity index is 1.51. The Kier molecular flexibility index (Phi) is 3.56. The molecule has 2 aromatic carbocycles. The number of fused-ring (bicyclic) bond motifs is 4. The molecule has 144 valence electrons. The van der Waals surface area contributed by atoms with Gasteiger partial charge in [-0.3, -0.25) is 0 Å². The second-order valence-corrected chi connectivity index (χ2v) is 7.66. The largest absolute Gasteiger partial charge is 0.438 e. The van der Waals surface area contributed by atoms with E-state index < -0.39 is 0 Å². The van der Waals surface area contributed by atoms with Crippen LogP contribution in [-0.2, 0) is 0 Å². The molecule has 0 fully saturated rings. The maximum absolute atomic E-state index is 6.13. The maximum Gasteiger partial charge on any atom is 0.227 e. The smallest absolute Gasteiger partial charge is 0.227 e. The van der Waals surface area contributed by atoms with Gasteiger partial charge in [-0.2, -0.15) is 0 Å². The van der Waals surface area contributed by atoms with Crippen LogP contribution in [0.4, 0.5) is 0 Å². The summed E-state index contributed by atoms with van der Waals surface area (Å²) in [5, 5.41) is 3.03. The van der Waals surface area contributed by atoms with Crippen molar-refractivity contribution >= 4 is 33.2 Å². The Morgan fingerprint density at radius 1 is 0.700 bits per heavy atom. The van der Waals surface area contributed by atoms with Crippen LogP contribution in [0.1, 0.15) is 11.3 Å². The predicted octanol–water partition coefficient (Wildman–Crippen LogP) is 7.07. The van der Waals surface area contributed by atoms with Crippen LogP contribution in [0.5, 0.6) is 0 Å². The minimum atomic E-state index is 0.616. The lowest BCUT2D eigenvalue weighted by Gasteiger charge is -2.01. The van der Waals surface area contributed by atoms with Gasteiger partial charge in [-0.15, -0.1) is 0 Å². The third kappa shape index (κ3) is 2.61. The molecule has 0 unspecified atom stereocenters. The van der Waals surface area contributed by atoms with Crippen molar-refractivity contribution in [1.82, 2.24) is 9.97 Å². The van der Waals surface area contributed by atoms with E-state index in [0.29, 0.717) is 11.4 Å². The van der Waals surface area contributed by atoms with Crippen LogP contribution < -0.4 is 0 Å². The number of pyridine rings is 2. The summed E-state index contributed by atoms with van der Waals surface area (Å²) in [6, 6.07) is 24.6. The summed E-state index contributed by atoms with van der Waals surface area (Å²) in [7, 11) is 0. The molecule has 0 bridgehead atoms. The predicted molar refractivity (Wildman–Crippen MR) is 119 cm³/mol. The number of aryl methyl sites for hydroxylation is 2. The van der Waals surface area contributed by atoms with Gasteiger partial charge in [0.1, 0.15) is 11.3 Å². The van der Waals surface area contributed by atoms with Crippen molar-refractivity contribution in [2.45, 2.75) is 13.8 Å². The third-order valence-electron chi connectivity index (χ3n) is 5.50. The second-order valence-electron chi connectivity index (χ2n) is 7.66. The van der Waals surface area contributed by atoms with E-state index in [9.17, 15) is 0 Å². The van der Waals surface area contributed by atoms with Gasteiger partial charge in [0.2, 0.25) is 11.4 Å². The molecule has 0 aliphatic rings. The summed E-state index contributed by atoms with van der Waals surface area (Å²) in [6.07, 6.45) is 0. The highest BCUT2D eigenvalue weighted by Gasteiger charge is 2.15. The highest BCUT2D eigenvalue weighted by atomic mass is 16.3. The van der Waals surface area contributed by atoms with Crippen LogP contribution in [0.25, 0.3) is 55.7 Å². The van der Waals surface area contributed by atoms with E-state index in [1.807, 2.05) is 43.3 Å². The topological polar surface area (TPSA) is 52.1 Å². The molecule has 0 spiro atoms. The Bertz CT molecular complexity index is 1560. The molecular weight excluding hydrogens is 372 g/mol. The Labute approximate surface area is 172 Å². The van der Waals surface area contributed by atoms with Crippen molar-refractivity contribution in [3.05, 3.63) is 84.1 Å². The van der Waals surface area contributed by atoms with Gasteiger partial charge >= 0.3 is 0 Å². The van der Waals surface area contributed by atoms with Crippen LogP contribution >= 0.6 is 0 Å². The molecule has 30 heavy (non-hydrogen) atoms. The first-order valence-corrected chi connectivity index (χ1v) is 9.93. The van der Waals surface area contributed by atoms with Crippen LogP contribution in [0, 0.1) is 13.8 Å². The van der Waals surface area contributed by atoms with Crippen molar-refractivity contribution in [2.24, 2.45) is 0 Å². The molecule has 4 nitrogen and oxygen atoms in total. The molecule has 0 radical (unpaired) electrons. The van der Waals surface area contributed by atoms with E-state index in [0.717, 1.165) is 50.0 Å². The van der Waals surface area contributed by atoms with E-state index in [1.165, 1.54) is 5.56 Å². The van der Waals surface area contributed by atoms with Gasteiger partial charge in [0.15, 0.2) is 0 Å². The summed E-state index contributed by atoms with van der Waals surface area (Å²) < 4.78 is 12.2. The van der Waals surface area contributed by atoms with Crippen LogP contribution in [0.15, 0.2) is 81.6 Å². The number of furan rings is 2. The van der Waals surface area contributed by atoms with Crippen molar-refractivity contribution in [3.8, 4) is 22.6 Å². The standard InChI is InChI=1S/C26H18N2O2/c1-15-6-9-17(10-7-15)23-14-18-11-13-22(28-25(18)29-23)21-5-3-4-19-20-12-8-16(2)27-26(20)30-24(19)21/h3-14H,1-2H3. The molecule has 0 N–H and O–H groups in total. The molecule has 6 aromatic rings. The zero-order valence-electron chi connectivity index (χ0n) is 16.6. The first-order chi connectivity index (χ1) is 14.7. The number of aromatic nitrogens is 2. The van der Waals surface area contributed by atoms with E-state index in [2.05, 4.69) is 48.3 Å². The number of benzene rings is 2. The third-order valence-corrected chi connectivity index (χ3v) is 5.50. The van der Waals surface area contributed by atoms with Crippen LogP contribution in [-0.4, -0.2) is 9.97 Å². The van der Waals surface area contributed by atoms with Gasteiger partial charge in [0, 0.05) is 33.0 Å². The van der Waals surface area contributed by atoms with E-state index in [4.69, 9.17) is 13.8 Å². The lowest BCUT2D eigenvalue weighted by molar-refractivity contribution is 0.619. The van der Waals surface area contributed by atoms with Gasteiger partial charge in [0.05, 0.1) is 5.69 Å². The van der Waals surface area contributed by atoms with Gasteiger partial charge in [-0.05, 0) is 50.2 Å². The lowest BCUT2D eigenvalue weighted by atomic mass is 10.1. The number of para-hydroxylation sites is 1. The quantitative estimate of drug-likeness (QED) is 0.317. The molecule has 0 atom stereocenters. The number of nitrogens with zero attached hydrogens (tertiary/aromatic N) is 2. The van der Waals surface area contributed by atoms with Crippen molar-refractivity contribution in [2.75, 3.05) is 0 Å². The van der Waals surface area contributed by atoms with Gasteiger partial charge in [0.25, 0.3) is 0 Å². The highest BCUT2D eigenvalue weighted by molar-refractivity contribution is 6.08. The van der Waals surface area contributed by atoms with E-state index in [-0.39, 0.29) is 0 Å². The van der Waals surface area contributed by atoms with Crippen LogP contribution in [0.2, 0.25) is 0 Å². The SMILES string of the molecule is Cc1ccc(-c2cc3ccc(-c4cccc5c4oc4nc(C)ccc45)nc3o2)cc1. The maximum atomic E-state index is 6.13. The number of hydrogen-bond donors (Lipinski definition) is 0. The highest BCUT2D eigenvalue weighted by Crippen LogP contribution is 2.36. The van der Waals surface area contributed by atoms with Crippen molar-refractivity contribution < 1.29 is 8.83 Å². The molecule has 4 aromatic heterocycles. The fourth-order valence-corrected chi connectivity index (χ4v) is 3.90. The Morgan fingerprint density at radius 3 is 2.43 bits per heavy atom. The summed E-state index contributed by atoms with van der Waals surface area (Å²) >= 11 is 0. The average molecular weight is 390 g/mol. The average Bonchev–Trinajstić information content (AvgIpc) is 3.34. The minimum Gasteiger partial charge on any atom is -0.438 e. The zero-order valence-corrected chi connectivity index (χ0v) is 16.6. The lowest BCUT2D eigenvalue weighted by Crippen LogP contribution is -1.83. The summed E-state index contributed by atoms with van der Waals surface area (Å²) in [4.78, 5) is 9.34.